The summed E-state index contributed by atoms with van der Waals surface area (Å²) in [5, 5.41) is 0. The van der Waals surface area contributed by atoms with Gasteiger partial charge in [0.05, 0.1) is 0 Å². The van der Waals surface area contributed by atoms with E-state index in [1.165, 1.54) is 16.7 Å². The van der Waals surface area contributed by atoms with Crippen LogP contribution in [-0.4, -0.2) is 11.9 Å². The van der Waals surface area contributed by atoms with Crippen LogP contribution in [0, 0.1) is 5.92 Å². The number of rotatable bonds is 0. The van der Waals surface area contributed by atoms with Crippen LogP contribution >= 0.6 is 12.4 Å². The standard InChI is InChI=1S/C18H19N.ClH/c1-12-17-14-8-4-3-7-13(14)11-19(2)18(12)16-10-6-5-9-15(16)17;/h3-10,12,17-18H,11H2,1-2H3;1H. The van der Waals surface area contributed by atoms with Gasteiger partial charge in [0.2, 0.25) is 0 Å². The van der Waals surface area contributed by atoms with Gasteiger partial charge >= 0.3 is 0 Å². The molecule has 2 bridgehead atoms. The first-order valence-electron chi connectivity index (χ1n) is 7.14. The average molecular weight is 286 g/mol. The third-order valence-corrected chi connectivity index (χ3v) is 4.96. The van der Waals surface area contributed by atoms with Crippen molar-refractivity contribution in [3.8, 4) is 0 Å². The summed E-state index contributed by atoms with van der Waals surface area (Å²) in [5.74, 6) is 1.23. The maximum atomic E-state index is 2.52. The summed E-state index contributed by atoms with van der Waals surface area (Å²) in [7, 11) is 2.27. The number of halogens is 1. The van der Waals surface area contributed by atoms with Crippen molar-refractivity contribution in [1.82, 2.24) is 4.90 Å². The van der Waals surface area contributed by atoms with Crippen LogP contribution in [0.3, 0.4) is 0 Å². The molecule has 1 nitrogen and oxygen atoms in total. The molecule has 0 radical (unpaired) electrons. The molecule has 0 spiro atoms. The quantitative estimate of drug-likeness (QED) is 0.694. The van der Waals surface area contributed by atoms with E-state index in [1.54, 1.807) is 5.56 Å². The summed E-state index contributed by atoms with van der Waals surface area (Å²) >= 11 is 0. The van der Waals surface area contributed by atoms with Gasteiger partial charge < -0.3 is 0 Å². The van der Waals surface area contributed by atoms with Crippen molar-refractivity contribution in [3.63, 3.8) is 0 Å². The normalized spacial score (nSPS) is 27.2. The minimum atomic E-state index is 0. The molecular formula is C18H20ClN. The van der Waals surface area contributed by atoms with E-state index in [0.717, 1.165) is 6.54 Å². The van der Waals surface area contributed by atoms with E-state index in [-0.39, 0.29) is 12.4 Å². The molecule has 1 aliphatic heterocycles. The van der Waals surface area contributed by atoms with Crippen LogP contribution < -0.4 is 0 Å². The second kappa shape index (κ2) is 4.91. The predicted octanol–water partition coefficient (Wildman–Crippen LogP) is 4.38. The zero-order valence-corrected chi connectivity index (χ0v) is 12.7. The molecule has 1 heterocycles. The molecule has 0 aromatic heterocycles. The molecule has 0 saturated carbocycles. The van der Waals surface area contributed by atoms with Crippen LogP contribution in [-0.2, 0) is 6.54 Å². The summed E-state index contributed by atoms with van der Waals surface area (Å²) in [5.41, 5.74) is 6.11. The largest absolute Gasteiger partial charge is 0.295 e. The lowest BCUT2D eigenvalue weighted by atomic mass is 9.85. The summed E-state index contributed by atoms with van der Waals surface area (Å²) in [4.78, 5) is 2.52. The van der Waals surface area contributed by atoms with E-state index in [9.17, 15) is 0 Å². The van der Waals surface area contributed by atoms with Crippen LogP contribution in [0.25, 0.3) is 0 Å². The van der Waals surface area contributed by atoms with Gasteiger partial charge in [-0.25, -0.2) is 0 Å². The van der Waals surface area contributed by atoms with Crippen molar-refractivity contribution >= 4 is 12.4 Å². The first kappa shape index (κ1) is 13.7. The Kier molecular flexibility index (Phi) is 3.35. The van der Waals surface area contributed by atoms with Crippen molar-refractivity contribution in [3.05, 3.63) is 70.8 Å². The molecule has 0 N–H and O–H groups in total. The zero-order chi connectivity index (χ0) is 13.0. The second-order valence-electron chi connectivity index (χ2n) is 6.02. The van der Waals surface area contributed by atoms with Crippen molar-refractivity contribution in [2.45, 2.75) is 25.4 Å². The molecule has 0 amide bonds. The van der Waals surface area contributed by atoms with Crippen LogP contribution in [0.4, 0.5) is 0 Å². The zero-order valence-electron chi connectivity index (χ0n) is 11.9. The van der Waals surface area contributed by atoms with Gasteiger partial charge in [0.25, 0.3) is 0 Å². The highest BCUT2D eigenvalue weighted by Gasteiger charge is 2.43. The molecule has 0 fully saturated rings. The first-order chi connectivity index (χ1) is 9.27. The molecule has 104 valence electrons. The summed E-state index contributed by atoms with van der Waals surface area (Å²) in [6.07, 6.45) is 0. The predicted molar refractivity (Wildman–Crippen MR) is 85.3 cm³/mol. The molecule has 1 aliphatic carbocycles. The fourth-order valence-corrected chi connectivity index (χ4v) is 4.25. The third kappa shape index (κ3) is 1.73. The van der Waals surface area contributed by atoms with Gasteiger partial charge in [0.1, 0.15) is 0 Å². The molecule has 3 unspecified atom stereocenters. The highest BCUT2D eigenvalue weighted by molar-refractivity contribution is 5.85. The number of nitrogens with zero attached hydrogens (tertiary/aromatic N) is 1. The van der Waals surface area contributed by atoms with E-state index < -0.39 is 0 Å². The van der Waals surface area contributed by atoms with Gasteiger partial charge in [-0.3, -0.25) is 4.90 Å². The van der Waals surface area contributed by atoms with E-state index in [4.69, 9.17) is 0 Å². The van der Waals surface area contributed by atoms with Gasteiger partial charge in [0, 0.05) is 18.5 Å². The highest BCUT2D eigenvalue weighted by Crippen LogP contribution is 2.53. The van der Waals surface area contributed by atoms with Crippen LogP contribution in [0.5, 0.6) is 0 Å². The Morgan fingerprint density at radius 1 is 0.900 bits per heavy atom. The van der Waals surface area contributed by atoms with Gasteiger partial charge in [-0.1, -0.05) is 55.5 Å². The molecule has 2 aliphatic rings. The van der Waals surface area contributed by atoms with Crippen molar-refractivity contribution in [1.29, 1.82) is 0 Å². The Bertz CT molecular complexity index is 637. The molecule has 4 rings (SSSR count). The average Bonchev–Trinajstić information content (AvgIpc) is 2.64. The second-order valence-corrected chi connectivity index (χ2v) is 6.02. The minimum Gasteiger partial charge on any atom is -0.295 e. The monoisotopic (exact) mass is 285 g/mol. The number of hydrogen-bond acceptors (Lipinski definition) is 1. The van der Waals surface area contributed by atoms with Crippen LogP contribution in [0.15, 0.2) is 48.5 Å². The Hall–Kier alpha value is -1.31. The summed E-state index contributed by atoms with van der Waals surface area (Å²) in [6.45, 7) is 3.48. The van der Waals surface area contributed by atoms with Crippen molar-refractivity contribution < 1.29 is 0 Å². The van der Waals surface area contributed by atoms with Gasteiger partial charge in [-0.2, -0.15) is 0 Å². The van der Waals surface area contributed by atoms with Gasteiger partial charge in [-0.05, 0) is 35.2 Å². The van der Waals surface area contributed by atoms with Crippen molar-refractivity contribution in [2.75, 3.05) is 7.05 Å². The van der Waals surface area contributed by atoms with E-state index in [0.29, 0.717) is 17.9 Å². The van der Waals surface area contributed by atoms with E-state index in [1.807, 2.05) is 0 Å². The lowest BCUT2D eigenvalue weighted by Crippen LogP contribution is -2.25. The van der Waals surface area contributed by atoms with Gasteiger partial charge in [-0.15, -0.1) is 12.4 Å². The fourth-order valence-electron chi connectivity index (χ4n) is 4.25. The van der Waals surface area contributed by atoms with Crippen LogP contribution in [0.1, 0.15) is 41.1 Å². The molecular weight excluding hydrogens is 266 g/mol. The molecule has 2 heteroatoms. The molecule has 0 saturated heterocycles. The molecule has 20 heavy (non-hydrogen) atoms. The number of hydrogen-bond donors (Lipinski definition) is 0. The summed E-state index contributed by atoms with van der Waals surface area (Å²) in [6, 6.07) is 18.6. The molecule has 3 atom stereocenters. The third-order valence-electron chi connectivity index (χ3n) is 4.96. The van der Waals surface area contributed by atoms with Gasteiger partial charge in [0.15, 0.2) is 0 Å². The molecule has 2 aromatic rings. The molecule has 2 aromatic carbocycles. The summed E-state index contributed by atoms with van der Waals surface area (Å²) < 4.78 is 0. The Balaban J connectivity index is 0.00000121. The topological polar surface area (TPSA) is 3.24 Å². The maximum Gasteiger partial charge on any atom is 0.0386 e. The number of benzene rings is 2. The highest BCUT2D eigenvalue weighted by atomic mass is 35.5. The minimum absolute atomic E-state index is 0. The SMILES string of the molecule is CC1C2c3ccccc3CN(C)C1c1ccccc12.Cl. The lowest BCUT2D eigenvalue weighted by molar-refractivity contribution is 0.194. The van der Waals surface area contributed by atoms with E-state index >= 15 is 0 Å². The van der Waals surface area contributed by atoms with E-state index in [2.05, 4.69) is 67.4 Å². The maximum absolute atomic E-state index is 2.52. The Morgan fingerprint density at radius 2 is 1.50 bits per heavy atom. The van der Waals surface area contributed by atoms with Crippen molar-refractivity contribution in [2.24, 2.45) is 5.92 Å². The Morgan fingerprint density at radius 3 is 2.25 bits per heavy atom. The smallest absolute Gasteiger partial charge is 0.0386 e. The number of fused-ring (bicyclic) bond motifs is 7. The van der Waals surface area contributed by atoms with Crippen LogP contribution in [0.2, 0.25) is 0 Å². The fraction of sp³-hybridized carbons (Fsp3) is 0.333. The Labute approximate surface area is 127 Å². The first-order valence-corrected chi connectivity index (χ1v) is 7.14. The lowest BCUT2D eigenvalue weighted by Gasteiger charge is -2.27.